The predicted molar refractivity (Wildman–Crippen MR) is 151 cm³/mol. The highest BCUT2D eigenvalue weighted by Gasteiger charge is 2.39. The number of piperidine rings is 1. The number of esters is 1. The third kappa shape index (κ3) is 5.11. The number of carbonyl (C=O) groups is 1. The van der Waals surface area contributed by atoms with Crippen molar-refractivity contribution in [3.05, 3.63) is 72.2 Å². The minimum atomic E-state index is -0.351. The van der Waals surface area contributed by atoms with Crippen molar-refractivity contribution in [2.75, 3.05) is 43.1 Å². The average Bonchev–Trinajstić information content (AvgIpc) is 3.48. The van der Waals surface area contributed by atoms with Gasteiger partial charge in [-0.25, -0.2) is 9.78 Å². The molecule has 0 amide bonds. The van der Waals surface area contributed by atoms with Crippen LogP contribution in [0.4, 0.5) is 11.5 Å². The zero-order valence-corrected chi connectivity index (χ0v) is 22.5. The van der Waals surface area contributed by atoms with Crippen molar-refractivity contribution in [1.29, 1.82) is 5.26 Å². The number of nitrogens with one attached hydrogen (secondary N) is 1. The van der Waals surface area contributed by atoms with Crippen LogP contribution in [0.15, 0.2) is 60.9 Å². The first-order valence-electron chi connectivity index (χ1n) is 14.1. The number of pyridine rings is 1. The predicted octanol–water partition coefficient (Wildman–Crippen LogP) is 4.39. The van der Waals surface area contributed by atoms with E-state index in [9.17, 15) is 10.1 Å². The summed E-state index contributed by atoms with van der Waals surface area (Å²) in [5.74, 6) is 1.65. The number of hydrogen-bond acceptors (Lipinski definition) is 7. The van der Waals surface area contributed by atoms with Gasteiger partial charge >= 0.3 is 5.97 Å². The molecular formula is C31H36N6O2. The van der Waals surface area contributed by atoms with Gasteiger partial charge < -0.3 is 24.4 Å². The molecule has 0 radical (unpaired) electrons. The fourth-order valence-electron chi connectivity index (χ4n) is 6.85. The van der Waals surface area contributed by atoms with E-state index < -0.39 is 0 Å². The summed E-state index contributed by atoms with van der Waals surface area (Å²) in [6.07, 6.45) is 9.85. The van der Waals surface area contributed by atoms with Gasteiger partial charge in [0.1, 0.15) is 11.5 Å². The van der Waals surface area contributed by atoms with Gasteiger partial charge in [0.15, 0.2) is 0 Å². The molecule has 3 aliphatic rings. The number of nitriles is 1. The maximum Gasteiger partial charge on any atom is 0.355 e. The first-order chi connectivity index (χ1) is 19.1. The Morgan fingerprint density at radius 2 is 1.90 bits per heavy atom. The summed E-state index contributed by atoms with van der Waals surface area (Å²) in [7, 11) is 1.41. The molecule has 39 heavy (non-hydrogen) atoms. The van der Waals surface area contributed by atoms with Crippen LogP contribution in [0.2, 0.25) is 0 Å². The topological polar surface area (TPSA) is 86.4 Å². The molecule has 0 bridgehead atoms. The third-order valence-corrected chi connectivity index (χ3v) is 8.88. The van der Waals surface area contributed by atoms with Gasteiger partial charge in [-0.15, -0.1) is 0 Å². The molecule has 202 valence electrons. The van der Waals surface area contributed by atoms with Crippen LogP contribution in [-0.2, 0) is 4.74 Å². The molecule has 8 nitrogen and oxygen atoms in total. The van der Waals surface area contributed by atoms with Crippen LogP contribution in [0.1, 0.15) is 48.2 Å². The first kappa shape index (κ1) is 25.4. The van der Waals surface area contributed by atoms with Crippen LogP contribution < -0.4 is 15.1 Å². The normalized spacial score (nSPS) is 25.0. The Balaban J connectivity index is 1.32. The Kier molecular flexibility index (Phi) is 7.25. The van der Waals surface area contributed by atoms with E-state index in [0.717, 1.165) is 44.1 Å². The Morgan fingerprint density at radius 3 is 2.72 bits per heavy atom. The molecule has 0 spiro atoms. The molecule has 1 N–H and O–H groups in total. The Labute approximate surface area is 230 Å². The van der Waals surface area contributed by atoms with Crippen LogP contribution in [0.5, 0.6) is 0 Å². The van der Waals surface area contributed by atoms with Gasteiger partial charge in [0.25, 0.3) is 0 Å². The van der Waals surface area contributed by atoms with Crippen LogP contribution in [-0.4, -0.2) is 60.9 Å². The second kappa shape index (κ2) is 11.1. The fourth-order valence-corrected chi connectivity index (χ4v) is 6.85. The highest BCUT2D eigenvalue weighted by Crippen LogP contribution is 2.35. The van der Waals surface area contributed by atoms with E-state index in [-0.39, 0.29) is 5.97 Å². The van der Waals surface area contributed by atoms with Crippen molar-refractivity contribution in [3.8, 4) is 11.8 Å². The maximum atomic E-state index is 12.4. The van der Waals surface area contributed by atoms with Crippen LogP contribution >= 0.6 is 0 Å². The van der Waals surface area contributed by atoms with Crippen molar-refractivity contribution in [2.24, 2.45) is 11.8 Å². The van der Waals surface area contributed by atoms with Gasteiger partial charge in [0, 0.05) is 68.3 Å². The van der Waals surface area contributed by atoms with E-state index in [2.05, 4.69) is 39.4 Å². The minimum Gasteiger partial charge on any atom is -0.464 e. The van der Waals surface area contributed by atoms with Crippen molar-refractivity contribution < 1.29 is 9.53 Å². The summed E-state index contributed by atoms with van der Waals surface area (Å²) in [6, 6.07) is 18.8. The number of fused-ring (bicyclic) bond motifs is 2. The molecule has 4 unspecified atom stereocenters. The number of aromatic nitrogens is 2. The number of carbonyl (C=O) groups excluding carboxylic acids is 1. The lowest BCUT2D eigenvalue weighted by molar-refractivity contribution is 0.0591. The quantitative estimate of drug-likeness (QED) is 0.507. The number of anilines is 2. The molecule has 3 fully saturated rings. The van der Waals surface area contributed by atoms with Gasteiger partial charge in [0.05, 0.1) is 24.4 Å². The van der Waals surface area contributed by atoms with Gasteiger partial charge in [-0.2, -0.15) is 5.26 Å². The van der Waals surface area contributed by atoms with Crippen LogP contribution in [0.3, 0.4) is 0 Å². The molecule has 4 heterocycles. The zero-order valence-electron chi connectivity index (χ0n) is 22.5. The van der Waals surface area contributed by atoms with Crippen LogP contribution in [0, 0.1) is 23.2 Å². The standard InChI is InChI=1S/C31H36N6O2/c1-39-31(38)29-7-4-15-36(29)26-12-14-33-30(17-26)37-21-23-5-2-3-6-27(23)34-19-24-20-35(16-13-28(24)37)25-10-8-22(18-32)9-11-25/h4,7-12,14-15,17,23-24,27-28,34H,2-3,5-6,13,16,19-21H2,1H3. The van der Waals surface area contributed by atoms with E-state index in [0.29, 0.717) is 35.2 Å². The smallest absolute Gasteiger partial charge is 0.355 e. The molecular weight excluding hydrogens is 488 g/mol. The highest BCUT2D eigenvalue weighted by atomic mass is 16.5. The molecule has 1 aliphatic carbocycles. The Morgan fingerprint density at radius 1 is 1.05 bits per heavy atom. The number of ether oxygens (including phenoxy) is 1. The minimum absolute atomic E-state index is 0.351. The largest absolute Gasteiger partial charge is 0.464 e. The number of benzene rings is 1. The van der Waals surface area contributed by atoms with E-state index in [1.807, 2.05) is 41.2 Å². The molecule has 3 aromatic rings. The van der Waals surface area contributed by atoms with Gasteiger partial charge in [0.2, 0.25) is 0 Å². The lowest BCUT2D eigenvalue weighted by Gasteiger charge is -2.50. The maximum absolute atomic E-state index is 12.4. The number of methoxy groups -OCH3 is 1. The number of nitrogens with zero attached hydrogens (tertiary/aromatic N) is 5. The Hall–Kier alpha value is -3.83. The molecule has 1 saturated carbocycles. The molecule has 2 aliphatic heterocycles. The third-order valence-electron chi connectivity index (χ3n) is 8.88. The van der Waals surface area contributed by atoms with E-state index in [4.69, 9.17) is 9.72 Å². The lowest BCUT2D eigenvalue weighted by atomic mass is 9.80. The average molecular weight is 525 g/mol. The van der Waals surface area contributed by atoms with Crippen molar-refractivity contribution in [3.63, 3.8) is 0 Å². The van der Waals surface area contributed by atoms with Crippen molar-refractivity contribution in [1.82, 2.24) is 14.9 Å². The lowest BCUT2D eigenvalue weighted by Crippen LogP contribution is -2.60. The Bertz CT molecular complexity index is 1350. The summed E-state index contributed by atoms with van der Waals surface area (Å²) in [4.78, 5) is 22.3. The zero-order chi connectivity index (χ0) is 26.8. The molecule has 4 atom stereocenters. The van der Waals surface area contributed by atoms with Crippen molar-refractivity contribution in [2.45, 2.75) is 44.2 Å². The molecule has 8 heteroatoms. The monoisotopic (exact) mass is 524 g/mol. The van der Waals surface area contributed by atoms with E-state index >= 15 is 0 Å². The summed E-state index contributed by atoms with van der Waals surface area (Å²) >= 11 is 0. The molecule has 6 rings (SSSR count). The number of rotatable bonds is 4. The van der Waals surface area contributed by atoms with E-state index in [1.165, 1.54) is 38.5 Å². The molecule has 2 aromatic heterocycles. The SMILES string of the molecule is COC(=O)c1cccn1-c1ccnc(N2CC3CCCCC3NCC3CN(c4ccc(C#N)cc4)CCC32)c1. The summed E-state index contributed by atoms with van der Waals surface area (Å²) in [5, 5.41) is 13.2. The second-order valence-electron chi connectivity index (χ2n) is 11.1. The fraction of sp³-hybridized carbons (Fsp3) is 0.452. The van der Waals surface area contributed by atoms with Crippen molar-refractivity contribution >= 4 is 17.5 Å². The second-order valence-corrected chi connectivity index (χ2v) is 11.1. The number of hydrogen-bond donors (Lipinski definition) is 1. The van der Waals surface area contributed by atoms with Gasteiger partial charge in [-0.05, 0) is 67.6 Å². The first-order valence-corrected chi connectivity index (χ1v) is 14.1. The summed E-state index contributed by atoms with van der Waals surface area (Å²) in [5.41, 5.74) is 3.30. The molecule has 2 saturated heterocycles. The summed E-state index contributed by atoms with van der Waals surface area (Å²) < 4.78 is 6.90. The highest BCUT2D eigenvalue weighted by molar-refractivity contribution is 5.88. The van der Waals surface area contributed by atoms with Crippen LogP contribution in [0.25, 0.3) is 5.69 Å². The van der Waals surface area contributed by atoms with Gasteiger partial charge in [-0.3, -0.25) is 0 Å². The molecule has 1 aromatic carbocycles. The summed E-state index contributed by atoms with van der Waals surface area (Å²) in [6.45, 7) is 3.89. The van der Waals surface area contributed by atoms with E-state index in [1.54, 1.807) is 6.07 Å². The van der Waals surface area contributed by atoms with Gasteiger partial charge in [-0.1, -0.05) is 12.8 Å².